The van der Waals surface area contributed by atoms with Crippen LogP contribution in [-0.2, 0) is 4.79 Å². The summed E-state index contributed by atoms with van der Waals surface area (Å²) in [5.74, 6) is 3.30. The molecule has 0 unspecified atom stereocenters. The summed E-state index contributed by atoms with van der Waals surface area (Å²) >= 11 is 6.03. The zero-order chi connectivity index (χ0) is 20.4. The van der Waals surface area contributed by atoms with Crippen LogP contribution in [0.15, 0.2) is 36.0 Å². The molecule has 1 aliphatic heterocycles. The molecule has 2 saturated carbocycles. The number of hydrogen-bond acceptors (Lipinski definition) is 3. The lowest BCUT2D eigenvalue weighted by molar-refractivity contribution is -0.118. The van der Waals surface area contributed by atoms with Gasteiger partial charge in [0.2, 0.25) is 0 Å². The average Bonchev–Trinajstić information content (AvgIpc) is 3.01. The second-order valence-corrected chi connectivity index (χ2v) is 10.9. The molecule has 3 fully saturated rings. The Morgan fingerprint density at radius 3 is 2.66 bits per heavy atom. The van der Waals surface area contributed by atoms with Gasteiger partial charge in [0.15, 0.2) is 5.78 Å². The van der Waals surface area contributed by atoms with E-state index >= 15 is 0 Å². The van der Waals surface area contributed by atoms with Gasteiger partial charge >= 0.3 is 0 Å². The van der Waals surface area contributed by atoms with Gasteiger partial charge in [0.05, 0.1) is 6.10 Å². The Kier molecular flexibility index (Phi) is 4.55. The monoisotopic (exact) mass is 413 g/mol. The number of halogens is 1. The summed E-state index contributed by atoms with van der Waals surface area (Å²) in [4.78, 5) is 14.5. The van der Waals surface area contributed by atoms with Gasteiger partial charge in [0.25, 0.3) is 0 Å². The first-order valence-electron chi connectivity index (χ1n) is 11.2. The van der Waals surface area contributed by atoms with Crippen molar-refractivity contribution in [3.8, 4) is 5.75 Å². The highest BCUT2D eigenvalue weighted by Crippen LogP contribution is 2.64. The number of carbonyl (C=O) groups excluding carboxylic acids is 1. The van der Waals surface area contributed by atoms with E-state index in [0.717, 1.165) is 36.6 Å². The molecule has 6 atom stereocenters. The van der Waals surface area contributed by atoms with Gasteiger partial charge in [-0.2, -0.15) is 0 Å². The first-order valence-corrected chi connectivity index (χ1v) is 11.5. The quantitative estimate of drug-likeness (QED) is 0.620. The minimum atomic E-state index is 0.155. The average molecular weight is 414 g/mol. The fourth-order valence-corrected chi connectivity index (χ4v) is 7.48. The Morgan fingerprint density at radius 1 is 1.14 bits per heavy atom. The third-order valence-corrected chi connectivity index (χ3v) is 9.02. The molecule has 0 spiro atoms. The molecule has 0 radical (unpaired) electrons. The van der Waals surface area contributed by atoms with Crippen LogP contribution in [0.2, 0.25) is 5.02 Å². The number of likely N-dealkylation sites (tertiary alicyclic amines) is 1. The molecular weight excluding hydrogens is 382 g/mol. The molecule has 0 N–H and O–H groups in total. The van der Waals surface area contributed by atoms with Crippen LogP contribution in [0.1, 0.15) is 52.4 Å². The fraction of sp³-hybridized carbons (Fsp3) is 0.640. The maximum atomic E-state index is 12.1. The predicted octanol–water partition coefficient (Wildman–Crippen LogP) is 5.73. The van der Waals surface area contributed by atoms with Crippen LogP contribution in [0.5, 0.6) is 5.75 Å². The Labute approximate surface area is 179 Å². The molecule has 29 heavy (non-hydrogen) atoms. The zero-order valence-corrected chi connectivity index (χ0v) is 18.5. The summed E-state index contributed by atoms with van der Waals surface area (Å²) < 4.78 is 6.41. The van der Waals surface area contributed by atoms with E-state index in [9.17, 15) is 4.79 Å². The van der Waals surface area contributed by atoms with Crippen LogP contribution in [-0.4, -0.2) is 30.4 Å². The molecule has 3 nitrogen and oxygen atoms in total. The number of piperidine rings is 1. The van der Waals surface area contributed by atoms with Gasteiger partial charge in [-0.3, -0.25) is 4.79 Å². The molecular formula is C25H32ClNO2. The van der Waals surface area contributed by atoms with E-state index in [0.29, 0.717) is 35.4 Å². The second-order valence-electron chi connectivity index (χ2n) is 10.5. The lowest BCUT2D eigenvalue weighted by Gasteiger charge is -2.59. The van der Waals surface area contributed by atoms with Gasteiger partial charge in [-0.05, 0) is 79.5 Å². The molecule has 1 aromatic carbocycles. The van der Waals surface area contributed by atoms with E-state index in [2.05, 4.69) is 25.8 Å². The number of fused-ring (bicyclic) bond motifs is 5. The molecule has 1 aromatic rings. The first-order chi connectivity index (χ1) is 13.8. The number of carbonyl (C=O) groups is 1. The third kappa shape index (κ3) is 3.12. The predicted molar refractivity (Wildman–Crippen MR) is 116 cm³/mol. The molecule has 0 aromatic heterocycles. The number of benzene rings is 1. The molecule has 4 heteroatoms. The highest BCUT2D eigenvalue weighted by atomic mass is 35.5. The van der Waals surface area contributed by atoms with Crippen LogP contribution in [0, 0.1) is 28.6 Å². The largest absolute Gasteiger partial charge is 0.490 e. The van der Waals surface area contributed by atoms with E-state index in [1.807, 2.05) is 30.3 Å². The van der Waals surface area contributed by atoms with Crippen molar-refractivity contribution in [3.05, 3.63) is 41.1 Å². The normalized spacial score (nSPS) is 41.3. The maximum absolute atomic E-state index is 12.1. The van der Waals surface area contributed by atoms with Crippen molar-refractivity contribution < 1.29 is 9.53 Å². The van der Waals surface area contributed by atoms with Crippen LogP contribution >= 0.6 is 11.6 Å². The smallest absolute Gasteiger partial charge is 0.157 e. The van der Waals surface area contributed by atoms with Gasteiger partial charge in [-0.25, -0.2) is 0 Å². The summed E-state index contributed by atoms with van der Waals surface area (Å²) in [5.41, 5.74) is 1.81. The summed E-state index contributed by atoms with van der Waals surface area (Å²) in [5, 5.41) is 0.751. The van der Waals surface area contributed by atoms with E-state index in [4.69, 9.17) is 16.3 Å². The molecule has 156 valence electrons. The standard InChI is InChI=1S/C25H32ClNO2/c1-24-10-9-21-20(15-27(3)23-12-17(28)8-11-25(21,23)2)22(24)13-19(14-24)29-18-6-4-16(26)5-7-18/h4-7,12,19-22H,8-11,13-15H2,1-3H3/t19-,20+,21-,22-,24+,25+/m0/s1. The van der Waals surface area contributed by atoms with Crippen molar-refractivity contribution in [1.29, 1.82) is 0 Å². The van der Waals surface area contributed by atoms with Gasteiger partial charge < -0.3 is 9.64 Å². The number of rotatable bonds is 2. The molecule has 0 bridgehead atoms. The number of ether oxygens (including phenoxy) is 1. The molecule has 3 aliphatic carbocycles. The van der Waals surface area contributed by atoms with Crippen molar-refractivity contribution in [2.75, 3.05) is 13.6 Å². The first kappa shape index (κ1) is 19.5. The summed E-state index contributed by atoms with van der Waals surface area (Å²) in [6.07, 6.45) is 8.80. The van der Waals surface area contributed by atoms with E-state index in [1.165, 1.54) is 18.5 Å². The second kappa shape index (κ2) is 6.77. The van der Waals surface area contributed by atoms with Gasteiger partial charge in [0, 0.05) is 42.2 Å². The molecule has 1 saturated heterocycles. The summed E-state index contributed by atoms with van der Waals surface area (Å²) in [7, 11) is 2.20. The summed E-state index contributed by atoms with van der Waals surface area (Å²) in [6, 6.07) is 7.79. The lowest BCUT2D eigenvalue weighted by Crippen LogP contribution is -2.56. The van der Waals surface area contributed by atoms with Crippen molar-refractivity contribution in [1.82, 2.24) is 4.90 Å². The third-order valence-electron chi connectivity index (χ3n) is 8.77. The molecule has 1 heterocycles. The van der Waals surface area contributed by atoms with Gasteiger partial charge in [-0.15, -0.1) is 0 Å². The fourth-order valence-electron chi connectivity index (χ4n) is 7.36. The lowest BCUT2D eigenvalue weighted by atomic mass is 9.50. The van der Waals surface area contributed by atoms with Crippen LogP contribution < -0.4 is 4.74 Å². The molecule has 5 rings (SSSR count). The minimum absolute atomic E-state index is 0.155. The minimum Gasteiger partial charge on any atom is -0.490 e. The Hall–Kier alpha value is -1.48. The molecule has 0 amide bonds. The van der Waals surface area contributed by atoms with Gasteiger partial charge in [0.1, 0.15) is 5.75 Å². The molecule has 4 aliphatic rings. The highest BCUT2D eigenvalue weighted by molar-refractivity contribution is 6.30. The Balaban J connectivity index is 1.39. The zero-order valence-electron chi connectivity index (χ0n) is 17.8. The van der Waals surface area contributed by atoms with E-state index in [-0.39, 0.29) is 11.5 Å². The van der Waals surface area contributed by atoms with Crippen molar-refractivity contribution in [3.63, 3.8) is 0 Å². The van der Waals surface area contributed by atoms with E-state index < -0.39 is 0 Å². The van der Waals surface area contributed by atoms with Crippen LogP contribution in [0.4, 0.5) is 0 Å². The van der Waals surface area contributed by atoms with Crippen molar-refractivity contribution in [2.45, 2.75) is 58.5 Å². The number of allylic oxidation sites excluding steroid dienone is 2. The highest BCUT2D eigenvalue weighted by Gasteiger charge is 2.59. The Morgan fingerprint density at radius 2 is 1.90 bits per heavy atom. The summed E-state index contributed by atoms with van der Waals surface area (Å²) in [6.45, 7) is 6.00. The maximum Gasteiger partial charge on any atom is 0.157 e. The SMILES string of the molecule is CN1C[C@H]2[C@@H]3C[C@H](Oc4ccc(Cl)cc4)C[C@@]3(C)CC[C@@H]2[C@@]2(C)CCC(=O)C=C12. The van der Waals surface area contributed by atoms with E-state index in [1.54, 1.807) is 0 Å². The van der Waals surface area contributed by atoms with Crippen molar-refractivity contribution in [2.24, 2.45) is 28.6 Å². The number of nitrogens with zero attached hydrogens (tertiary/aromatic N) is 1. The van der Waals surface area contributed by atoms with Crippen LogP contribution in [0.3, 0.4) is 0 Å². The van der Waals surface area contributed by atoms with Gasteiger partial charge in [-0.1, -0.05) is 25.4 Å². The number of hydrogen-bond donors (Lipinski definition) is 0. The van der Waals surface area contributed by atoms with Crippen molar-refractivity contribution >= 4 is 17.4 Å². The number of ketones is 1. The Bertz CT molecular complexity index is 849. The topological polar surface area (TPSA) is 29.5 Å². The van der Waals surface area contributed by atoms with Crippen LogP contribution in [0.25, 0.3) is 0 Å².